The highest BCUT2D eigenvalue weighted by Crippen LogP contribution is 2.71. The first-order chi connectivity index (χ1) is 15.3. The molecule has 4 aliphatic rings. The quantitative estimate of drug-likeness (QED) is 0.456. The summed E-state index contributed by atoms with van der Waals surface area (Å²) in [7, 11) is 0. The highest BCUT2D eigenvalue weighted by molar-refractivity contribution is 5.99. The van der Waals surface area contributed by atoms with Crippen LogP contribution in [0.15, 0.2) is 22.8 Å². The predicted octanol–water partition coefficient (Wildman–Crippen LogP) is 6.63. The lowest BCUT2D eigenvalue weighted by molar-refractivity contribution is -0.134. The zero-order valence-electron chi connectivity index (χ0n) is 22.3. The van der Waals surface area contributed by atoms with E-state index in [4.69, 9.17) is 0 Å². The van der Waals surface area contributed by atoms with Gasteiger partial charge in [0, 0.05) is 17.4 Å². The van der Waals surface area contributed by atoms with Gasteiger partial charge in [0.2, 0.25) is 0 Å². The Kier molecular flexibility index (Phi) is 6.35. The van der Waals surface area contributed by atoms with Gasteiger partial charge < -0.3 is 10.2 Å². The van der Waals surface area contributed by atoms with Crippen LogP contribution < -0.4 is 0 Å². The second-order valence-corrected chi connectivity index (χ2v) is 13.5. The largest absolute Gasteiger partial charge is 0.393 e. The third-order valence-corrected chi connectivity index (χ3v) is 11.7. The maximum atomic E-state index is 13.9. The van der Waals surface area contributed by atoms with E-state index < -0.39 is 0 Å². The van der Waals surface area contributed by atoms with Crippen LogP contribution in [0.25, 0.3) is 0 Å². The van der Waals surface area contributed by atoms with E-state index in [1.54, 1.807) is 0 Å². The smallest absolute Gasteiger partial charge is 0.159 e. The van der Waals surface area contributed by atoms with Gasteiger partial charge in [0.25, 0.3) is 0 Å². The fraction of sp³-hybridized carbons (Fsp3) is 0.833. The molecule has 3 heteroatoms. The van der Waals surface area contributed by atoms with Crippen LogP contribution in [0.5, 0.6) is 0 Å². The molecule has 2 fully saturated rings. The summed E-state index contributed by atoms with van der Waals surface area (Å²) in [6, 6.07) is 0. The Morgan fingerprint density at radius 1 is 1.12 bits per heavy atom. The number of aliphatic hydroxyl groups is 2. The van der Waals surface area contributed by atoms with Crippen LogP contribution >= 0.6 is 0 Å². The van der Waals surface area contributed by atoms with Crippen molar-refractivity contribution < 1.29 is 15.0 Å². The summed E-state index contributed by atoms with van der Waals surface area (Å²) >= 11 is 0. The SMILES string of the molecule is C/C(=C\CCC(C)[C@H]1CC[C@@]2(C)C3=C(CC[C@]12C)[C@@]1(C)CC[C@H](O)C(C)(C)C1CC3=O)CO. The molecule has 186 valence electrons. The Hall–Kier alpha value is -0.930. The number of allylic oxidation sites excluding steroid dienone is 3. The minimum Gasteiger partial charge on any atom is -0.393 e. The molecule has 0 aromatic heterocycles. The first kappa shape index (κ1) is 25.2. The number of hydrogen-bond acceptors (Lipinski definition) is 3. The topological polar surface area (TPSA) is 57.5 Å². The molecule has 0 amide bonds. The van der Waals surface area contributed by atoms with Crippen LogP contribution in [0.1, 0.15) is 106 Å². The average Bonchev–Trinajstić information content (AvgIpc) is 3.04. The summed E-state index contributed by atoms with van der Waals surface area (Å²) in [6.07, 6.45) is 11.1. The van der Waals surface area contributed by atoms with E-state index in [9.17, 15) is 15.0 Å². The summed E-state index contributed by atoms with van der Waals surface area (Å²) < 4.78 is 0. The number of Topliss-reactive ketones (excluding diaryl/α,β-unsaturated/α-hetero) is 1. The molecule has 33 heavy (non-hydrogen) atoms. The molecule has 4 rings (SSSR count). The molecular formula is C30H48O3. The molecule has 0 bridgehead atoms. The molecule has 0 spiro atoms. The number of hydrogen-bond donors (Lipinski definition) is 2. The summed E-state index contributed by atoms with van der Waals surface area (Å²) in [6.45, 7) is 16.3. The molecule has 0 radical (unpaired) electrons. The van der Waals surface area contributed by atoms with Crippen LogP contribution in [0, 0.1) is 39.4 Å². The van der Waals surface area contributed by atoms with Crippen LogP contribution in [0.3, 0.4) is 0 Å². The van der Waals surface area contributed by atoms with E-state index in [-0.39, 0.29) is 40.3 Å². The summed E-state index contributed by atoms with van der Waals surface area (Å²) in [5, 5.41) is 20.1. The Labute approximate surface area is 202 Å². The molecule has 0 aliphatic heterocycles. The molecule has 7 atom stereocenters. The molecule has 3 nitrogen and oxygen atoms in total. The molecule has 2 saturated carbocycles. The predicted molar refractivity (Wildman–Crippen MR) is 135 cm³/mol. The Morgan fingerprint density at radius 2 is 1.82 bits per heavy atom. The first-order valence-electron chi connectivity index (χ1n) is 13.5. The molecule has 0 aromatic rings. The van der Waals surface area contributed by atoms with Crippen molar-refractivity contribution in [2.45, 2.75) is 112 Å². The minimum absolute atomic E-state index is 0.0262. The fourth-order valence-electron chi connectivity index (χ4n) is 9.16. The van der Waals surface area contributed by atoms with E-state index >= 15 is 0 Å². The van der Waals surface area contributed by atoms with Gasteiger partial charge in [-0.05, 0) is 92.3 Å². The van der Waals surface area contributed by atoms with Gasteiger partial charge in [-0.2, -0.15) is 0 Å². The van der Waals surface area contributed by atoms with Crippen LogP contribution in [0.2, 0.25) is 0 Å². The van der Waals surface area contributed by atoms with Crippen molar-refractivity contribution in [2.24, 2.45) is 39.4 Å². The number of aliphatic hydroxyl groups excluding tert-OH is 2. The maximum Gasteiger partial charge on any atom is 0.159 e. The van der Waals surface area contributed by atoms with Crippen LogP contribution in [0.4, 0.5) is 0 Å². The first-order valence-corrected chi connectivity index (χ1v) is 13.5. The lowest BCUT2D eigenvalue weighted by Gasteiger charge is -2.61. The molecule has 0 saturated heterocycles. The van der Waals surface area contributed by atoms with Gasteiger partial charge in [-0.25, -0.2) is 0 Å². The fourth-order valence-corrected chi connectivity index (χ4v) is 9.16. The van der Waals surface area contributed by atoms with Crippen molar-refractivity contribution in [3.63, 3.8) is 0 Å². The molecule has 0 heterocycles. The number of rotatable bonds is 5. The average molecular weight is 457 g/mol. The maximum absolute atomic E-state index is 13.9. The van der Waals surface area contributed by atoms with E-state index in [0.29, 0.717) is 24.0 Å². The van der Waals surface area contributed by atoms with Crippen LogP contribution in [-0.4, -0.2) is 28.7 Å². The van der Waals surface area contributed by atoms with E-state index in [0.717, 1.165) is 44.1 Å². The van der Waals surface area contributed by atoms with Crippen molar-refractivity contribution >= 4 is 5.78 Å². The zero-order valence-corrected chi connectivity index (χ0v) is 22.3. The summed E-state index contributed by atoms with van der Waals surface area (Å²) in [5.74, 6) is 1.89. The number of fused-ring (bicyclic) bond motifs is 4. The molecule has 0 aromatic carbocycles. The van der Waals surface area contributed by atoms with Crippen molar-refractivity contribution in [1.82, 2.24) is 0 Å². The van der Waals surface area contributed by atoms with Crippen LogP contribution in [-0.2, 0) is 4.79 Å². The van der Waals surface area contributed by atoms with Gasteiger partial charge in [-0.1, -0.05) is 58.8 Å². The van der Waals surface area contributed by atoms with Gasteiger partial charge in [0.05, 0.1) is 12.7 Å². The van der Waals surface area contributed by atoms with Gasteiger partial charge >= 0.3 is 0 Å². The van der Waals surface area contributed by atoms with Crippen molar-refractivity contribution in [3.05, 3.63) is 22.8 Å². The van der Waals surface area contributed by atoms with Gasteiger partial charge in [0.1, 0.15) is 0 Å². The Bertz CT molecular complexity index is 866. The Balaban J connectivity index is 1.67. The molecule has 2 N–H and O–H groups in total. The lowest BCUT2D eigenvalue weighted by atomic mass is 9.43. The van der Waals surface area contributed by atoms with Gasteiger partial charge in [-0.15, -0.1) is 0 Å². The zero-order chi connectivity index (χ0) is 24.4. The lowest BCUT2D eigenvalue weighted by Crippen LogP contribution is -2.57. The third kappa shape index (κ3) is 3.54. The van der Waals surface area contributed by atoms with E-state index in [1.807, 2.05) is 6.92 Å². The second kappa shape index (κ2) is 8.33. The Morgan fingerprint density at radius 3 is 2.48 bits per heavy atom. The van der Waals surface area contributed by atoms with E-state index in [2.05, 4.69) is 47.6 Å². The summed E-state index contributed by atoms with van der Waals surface area (Å²) in [4.78, 5) is 13.9. The monoisotopic (exact) mass is 456 g/mol. The number of carbonyl (C=O) groups excluding carboxylic acids is 1. The summed E-state index contributed by atoms with van der Waals surface area (Å²) in [5.41, 5.74) is 3.73. The van der Waals surface area contributed by atoms with Crippen molar-refractivity contribution in [3.8, 4) is 0 Å². The standard InChI is InChI=1S/C30H48O3/c1-19(18-31)9-8-10-20(2)21-11-16-30(7)26-22(12-15-29(21,30)6)28(5)14-13-25(33)27(3,4)24(28)17-23(26)32/h9,20-21,24-25,31,33H,8,10-18H2,1-7H3/b19-9+/t20?,21-,24?,25+,28-,29-,30+/m1/s1. The van der Waals surface area contributed by atoms with Crippen molar-refractivity contribution in [2.75, 3.05) is 6.61 Å². The molecule has 4 aliphatic carbocycles. The number of carbonyl (C=O) groups is 1. The van der Waals surface area contributed by atoms with Gasteiger partial charge in [0.15, 0.2) is 5.78 Å². The highest BCUT2D eigenvalue weighted by Gasteiger charge is 2.65. The van der Waals surface area contributed by atoms with Gasteiger partial charge in [-0.3, -0.25) is 4.79 Å². The normalized spacial score (nSPS) is 43.7. The van der Waals surface area contributed by atoms with Crippen molar-refractivity contribution in [1.29, 1.82) is 0 Å². The van der Waals surface area contributed by atoms with E-state index in [1.165, 1.54) is 24.0 Å². The minimum atomic E-state index is -0.310. The highest BCUT2D eigenvalue weighted by atomic mass is 16.3. The third-order valence-electron chi connectivity index (χ3n) is 11.7. The molecule has 2 unspecified atom stereocenters. The second-order valence-electron chi connectivity index (χ2n) is 13.5. The molecular weight excluding hydrogens is 408 g/mol. The number of ketones is 1.